The molecule has 2 aromatic carbocycles. The Hall–Kier alpha value is -0.920. The standard InChI is InChI=1S/2C13H13.C2H6Si.2ClH.Zr/c2*1-10-6-8-12(9-7-10)13-5-3-4-11(13)2;1-3-2;;;/h2*5-9H,3H2,1-2H3;1-2H3;2*1H;/q2*-1;;;;+2/p-2. The third kappa shape index (κ3) is 10.3. The Labute approximate surface area is 223 Å². The van der Waals surface area contributed by atoms with Gasteiger partial charge in [-0.3, -0.25) is 12.2 Å². The first-order valence-electron chi connectivity index (χ1n) is 10.5. The molecule has 0 fully saturated rings. The molecule has 0 spiro atoms. The Morgan fingerprint density at radius 2 is 0.906 bits per heavy atom. The Morgan fingerprint density at radius 1 is 0.625 bits per heavy atom. The summed E-state index contributed by atoms with van der Waals surface area (Å²) in [6.07, 6.45) is 13.0. The number of rotatable bonds is 2. The Balaban J connectivity index is 0.000000490. The molecule has 0 unspecified atom stereocenters. The van der Waals surface area contributed by atoms with Crippen LogP contribution in [0.2, 0.25) is 13.1 Å². The predicted molar refractivity (Wildman–Crippen MR) is 130 cm³/mol. The van der Waals surface area contributed by atoms with E-state index in [0.29, 0.717) is 0 Å². The van der Waals surface area contributed by atoms with Gasteiger partial charge in [-0.1, -0.05) is 73.5 Å². The zero-order valence-corrected chi connectivity index (χ0v) is 24.9. The third-order valence-corrected chi connectivity index (χ3v) is 4.88. The zero-order chi connectivity index (χ0) is 22.1. The van der Waals surface area contributed by atoms with E-state index in [1.807, 2.05) is 0 Å². The van der Waals surface area contributed by atoms with Crippen molar-refractivity contribution in [2.45, 2.75) is 53.6 Å². The first-order chi connectivity index (χ1) is 14.3. The molecule has 2 aliphatic rings. The average molecular weight is 559 g/mol. The van der Waals surface area contributed by atoms with Gasteiger partial charge >= 0.3 is 41.9 Å². The van der Waals surface area contributed by atoms with Crippen molar-refractivity contribution < 1.29 is 48.1 Å². The van der Waals surface area contributed by atoms with Crippen LogP contribution < -0.4 is 24.8 Å². The molecule has 2 aliphatic carbocycles. The molecule has 0 saturated carbocycles. The number of hydrogen-bond acceptors (Lipinski definition) is 0. The maximum Gasteiger partial charge on any atom is -1.00 e. The third-order valence-electron chi connectivity index (χ3n) is 4.88. The van der Waals surface area contributed by atoms with Crippen molar-refractivity contribution in [3.8, 4) is 0 Å². The van der Waals surface area contributed by atoms with Gasteiger partial charge in [-0.25, -0.2) is 11.1 Å². The molecule has 168 valence electrons. The van der Waals surface area contributed by atoms with E-state index in [1.165, 1.54) is 44.5 Å². The monoisotopic (exact) mass is 556 g/mol. The Bertz CT molecular complexity index is 913. The second kappa shape index (κ2) is 15.8. The van der Waals surface area contributed by atoms with Gasteiger partial charge in [0.05, 0.1) is 0 Å². The first kappa shape index (κ1) is 31.1. The molecule has 0 radical (unpaired) electrons. The molecule has 0 aromatic heterocycles. The summed E-state index contributed by atoms with van der Waals surface area (Å²) in [6, 6.07) is 17.3. The molecule has 0 nitrogen and oxygen atoms in total. The first-order valence-corrected chi connectivity index (χ1v) is 16.7. The molecule has 0 aliphatic heterocycles. The summed E-state index contributed by atoms with van der Waals surface area (Å²) in [6.45, 7) is 13.1. The Morgan fingerprint density at radius 3 is 1.12 bits per heavy atom. The van der Waals surface area contributed by atoms with Crippen LogP contribution in [0.15, 0.2) is 71.8 Å². The number of halogens is 2. The van der Waals surface area contributed by atoms with Gasteiger partial charge < -0.3 is 24.8 Å². The normalized spacial score (nSPS) is 13.5. The van der Waals surface area contributed by atoms with Crippen LogP contribution in [-0.4, -0.2) is 5.43 Å². The minimum Gasteiger partial charge on any atom is -1.00 e. The minimum absolute atomic E-state index is 0. The van der Waals surface area contributed by atoms with Crippen molar-refractivity contribution >= 4 is 16.6 Å². The van der Waals surface area contributed by atoms with E-state index < -0.39 is 0 Å². The van der Waals surface area contributed by atoms with E-state index in [9.17, 15) is 0 Å². The maximum absolute atomic E-state index is 3.31. The maximum atomic E-state index is 3.31. The summed E-state index contributed by atoms with van der Waals surface area (Å²) in [5.41, 5.74) is 10.7. The van der Waals surface area contributed by atoms with Crippen LogP contribution in [-0.2, 0) is 23.3 Å². The number of aryl methyl sites for hydroxylation is 2. The number of benzene rings is 2. The van der Waals surface area contributed by atoms with Crippen LogP contribution in [0.5, 0.6) is 0 Å². The zero-order valence-electron chi connectivity index (χ0n) is 19.9. The molecule has 0 heterocycles. The van der Waals surface area contributed by atoms with Crippen LogP contribution in [0.3, 0.4) is 0 Å². The fourth-order valence-electron chi connectivity index (χ4n) is 3.24. The van der Waals surface area contributed by atoms with Crippen LogP contribution in [0.4, 0.5) is 0 Å². The van der Waals surface area contributed by atoms with Crippen LogP contribution >= 0.6 is 0 Å². The van der Waals surface area contributed by atoms with Crippen molar-refractivity contribution in [2.75, 3.05) is 0 Å². The van der Waals surface area contributed by atoms with E-state index in [2.05, 4.69) is 114 Å². The molecule has 4 rings (SSSR count). The fourth-order valence-corrected chi connectivity index (χ4v) is 3.24. The van der Waals surface area contributed by atoms with E-state index >= 15 is 0 Å². The van der Waals surface area contributed by atoms with Crippen LogP contribution in [0.25, 0.3) is 11.1 Å². The second-order valence-corrected chi connectivity index (χ2v) is 17.4. The van der Waals surface area contributed by atoms with E-state index in [4.69, 9.17) is 0 Å². The number of allylic oxidation sites excluding steroid dienone is 8. The Kier molecular flexibility index (Phi) is 15.4. The van der Waals surface area contributed by atoms with Gasteiger partial charge in [-0.2, -0.15) is 23.3 Å². The van der Waals surface area contributed by atoms with Gasteiger partial charge in [-0.15, -0.1) is 24.0 Å². The summed E-state index contributed by atoms with van der Waals surface area (Å²) in [4.78, 5) is 0. The molecule has 32 heavy (non-hydrogen) atoms. The number of hydrogen-bond donors (Lipinski definition) is 0. The van der Waals surface area contributed by atoms with Gasteiger partial charge in [0.15, 0.2) is 0 Å². The second-order valence-electron chi connectivity index (χ2n) is 7.98. The van der Waals surface area contributed by atoms with E-state index in [0.717, 1.165) is 12.8 Å². The van der Waals surface area contributed by atoms with Gasteiger partial charge in [-0.05, 0) is 13.8 Å². The smallest absolute Gasteiger partial charge is 1.00 e. The van der Waals surface area contributed by atoms with E-state index in [1.54, 1.807) is 23.3 Å². The molecule has 4 heteroatoms. The van der Waals surface area contributed by atoms with Crippen molar-refractivity contribution in [1.82, 2.24) is 0 Å². The summed E-state index contributed by atoms with van der Waals surface area (Å²) in [5, 5.41) is 0. The molecule has 2 aromatic rings. The van der Waals surface area contributed by atoms with Crippen LogP contribution in [0, 0.1) is 26.0 Å². The van der Waals surface area contributed by atoms with Crippen LogP contribution in [0.1, 0.15) is 48.9 Å². The molecule has 0 bridgehead atoms. The summed E-state index contributed by atoms with van der Waals surface area (Å²) >= 11 is 1.74. The summed E-state index contributed by atoms with van der Waals surface area (Å²) in [7, 11) is 0. The average Bonchev–Trinajstić information content (AvgIpc) is 3.31. The molecular weight excluding hydrogens is 527 g/mol. The molecule has 0 saturated heterocycles. The SMILES string of the molecule is CC1=[C-]CC=C1c1ccc(C)cc1.CC1=[C-]CC=C1c1ccc(C)cc1.C[Si](C)=[Zr+2].[Cl-].[Cl-]. The van der Waals surface area contributed by atoms with Gasteiger partial charge in [0, 0.05) is 0 Å². The minimum atomic E-state index is 0. The van der Waals surface area contributed by atoms with Gasteiger partial charge in [0.2, 0.25) is 0 Å². The van der Waals surface area contributed by atoms with Crippen molar-refractivity contribution in [3.63, 3.8) is 0 Å². The van der Waals surface area contributed by atoms with E-state index in [-0.39, 0.29) is 30.2 Å². The molecule has 0 atom stereocenters. The molecular formula is C28H32Cl2SiZr-2. The van der Waals surface area contributed by atoms with Crippen molar-refractivity contribution in [1.29, 1.82) is 0 Å². The van der Waals surface area contributed by atoms with Gasteiger partial charge in [0.1, 0.15) is 0 Å². The largest absolute Gasteiger partial charge is 1.00 e. The topological polar surface area (TPSA) is 0 Å². The van der Waals surface area contributed by atoms with Gasteiger partial charge in [0.25, 0.3) is 0 Å². The predicted octanol–water partition coefficient (Wildman–Crippen LogP) is 1.86. The summed E-state index contributed by atoms with van der Waals surface area (Å²) < 4.78 is 0. The quantitative estimate of drug-likeness (QED) is 0.390. The van der Waals surface area contributed by atoms with Crippen molar-refractivity contribution in [3.05, 3.63) is 106 Å². The van der Waals surface area contributed by atoms with Crippen molar-refractivity contribution in [2.24, 2.45) is 0 Å². The molecule has 0 amide bonds. The molecule has 0 N–H and O–H groups in total. The fraction of sp³-hybridized carbons (Fsp3) is 0.286. The summed E-state index contributed by atoms with van der Waals surface area (Å²) in [5.74, 6) is 0.